The van der Waals surface area contributed by atoms with Crippen LogP contribution in [0.5, 0.6) is 11.5 Å². The van der Waals surface area contributed by atoms with E-state index in [9.17, 15) is 13.2 Å². The Hall–Kier alpha value is -1.84. The third-order valence-corrected chi connectivity index (χ3v) is 7.53. The fraction of sp³-hybridized carbons (Fsp3) is 0.611. The van der Waals surface area contributed by atoms with Crippen LogP contribution in [0.1, 0.15) is 37.3 Å². The highest BCUT2D eigenvalue weighted by Gasteiger charge is 2.41. The Balaban J connectivity index is 1.85. The quantitative estimate of drug-likeness (QED) is 0.779. The topological polar surface area (TPSA) is 102 Å². The van der Waals surface area contributed by atoms with Crippen molar-refractivity contribution >= 4 is 16.1 Å². The molecular weight excluding hydrogens is 370 g/mol. The molecule has 0 aliphatic carbocycles. The second-order valence-electron chi connectivity index (χ2n) is 6.96. The van der Waals surface area contributed by atoms with Crippen LogP contribution in [-0.2, 0) is 15.0 Å². The van der Waals surface area contributed by atoms with Crippen LogP contribution in [-0.4, -0.2) is 56.8 Å². The van der Waals surface area contributed by atoms with Gasteiger partial charge in [-0.25, -0.2) is 0 Å². The fourth-order valence-corrected chi connectivity index (χ4v) is 5.82. The first-order chi connectivity index (χ1) is 12.9. The van der Waals surface area contributed by atoms with Crippen LogP contribution in [0.2, 0.25) is 0 Å². The van der Waals surface area contributed by atoms with Gasteiger partial charge >= 0.3 is 0 Å². The number of piperidine rings is 1. The summed E-state index contributed by atoms with van der Waals surface area (Å²) in [5.41, 5.74) is 6.17. The van der Waals surface area contributed by atoms with Gasteiger partial charge in [0.05, 0.1) is 20.3 Å². The summed E-state index contributed by atoms with van der Waals surface area (Å²) in [6, 6.07) is 5.14. The van der Waals surface area contributed by atoms with Crippen molar-refractivity contribution in [1.82, 2.24) is 8.61 Å². The number of hydrogen-bond acceptors (Lipinski definition) is 5. The Morgan fingerprint density at radius 1 is 1.11 bits per heavy atom. The number of carbonyl (C=O) groups is 1. The van der Waals surface area contributed by atoms with Crippen LogP contribution < -0.4 is 15.2 Å². The van der Waals surface area contributed by atoms with E-state index in [1.807, 2.05) is 6.07 Å². The molecule has 0 saturated carbocycles. The van der Waals surface area contributed by atoms with E-state index in [1.54, 1.807) is 30.7 Å². The molecule has 8 nitrogen and oxygen atoms in total. The third kappa shape index (κ3) is 3.90. The zero-order chi connectivity index (χ0) is 19.6. The molecule has 2 saturated heterocycles. The Morgan fingerprint density at radius 2 is 1.81 bits per heavy atom. The van der Waals surface area contributed by atoms with Crippen molar-refractivity contribution < 1.29 is 22.7 Å². The first-order valence-corrected chi connectivity index (χ1v) is 10.6. The second-order valence-corrected chi connectivity index (χ2v) is 8.84. The van der Waals surface area contributed by atoms with E-state index in [4.69, 9.17) is 15.2 Å². The van der Waals surface area contributed by atoms with Gasteiger partial charge in [0.1, 0.15) is 11.5 Å². The maximum absolute atomic E-state index is 13.3. The van der Waals surface area contributed by atoms with E-state index in [0.29, 0.717) is 44.0 Å². The second kappa shape index (κ2) is 8.04. The minimum Gasteiger partial charge on any atom is -0.497 e. The van der Waals surface area contributed by atoms with Crippen LogP contribution in [0, 0.1) is 5.92 Å². The van der Waals surface area contributed by atoms with Gasteiger partial charge in [0.25, 0.3) is 10.2 Å². The number of benzene rings is 1. The number of rotatable bonds is 6. The molecule has 1 aromatic rings. The monoisotopic (exact) mass is 397 g/mol. The van der Waals surface area contributed by atoms with Crippen molar-refractivity contribution in [2.75, 3.05) is 33.9 Å². The van der Waals surface area contributed by atoms with E-state index in [1.165, 1.54) is 4.31 Å². The normalized spacial score (nSPS) is 22.7. The van der Waals surface area contributed by atoms with E-state index < -0.39 is 10.2 Å². The molecule has 0 spiro atoms. The molecule has 150 valence electrons. The van der Waals surface area contributed by atoms with Gasteiger partial charge in [-0.2, -0.15) is 17.0 Å². The fourth-order valence-electron chi connectivity index (χ4n) is 3.95. The Labute approximate surface area is 160 Å². The molecule has 2 heterocycles. The first kappa shape index (κ1) is 19.9. The molecule has 27 heavy (non-hydrogen) atoms. The van der Waals surface area contributed by atoms with Gasteiger partial charge in [-0.15, -0.1) is 0 Å². The van der Waals surface area contributed by atoms with Crippen LogP contribution in [0.25, 0.3) is 0 Å². The summed E-state index contributed by atoms with van der Waals surface area (Å²) >= 11 is 0. The van der Waals surface area contributed by atoms with Crippen LogP contribution >= 0.6 is 0 Å². The lowest BCUT2D eigenvalue weighted by atomic mass is 9.98. The molecule has 0 radical (unpaired) electrons. The van der Waals surface area contributed by atoms with Crippen LogP contribution in [0.15, 0.2) is 18.2 Å². The average Bonchev–Trinajstić information content (AvgIpc) is 3.18. The van der Waals surface area contributed by atoms with Gasteiger partial charge in [0.15, 0.2) is 0 Å². The van der Waals surface area contributed by atoms with Crippen molar-refractivity contribution in [3.63, 3.8) is 0 Å². The zero-order valence-electron chi connectivity index (χ0n) is 15.8. The van der Waals surface area contributed by atoms with Gasteiger partial charge in [-0.3, -0.25) is 4.79 Å². The third-order valence-electron chi connectivity index (χ3n) is 5.48. The Morgan fingerprint density at radius 3 is 2.41 bits per heavy atom. The van der Waals surface area contributed by atoms with Crippen molar-refractivity contribution in [3.8, 4) is 11.5 Å². The maximum atomic E-state index is 13.3. The number of methoxy groups -OCH3 is 2. The molecule has 0 unspecified atom stereocenters. The lowest BCUT2D eigenvalue weighted by Crippen LogP contribution is -2.48. The summed E-state index contributed by atoms with van der Waals surface area (Å²) < 4.78 is 40.3. The molecule has 2 aliphatic rings. The minimum absolute atomic E-state index is 0.246. The summed E-state index contributed by atoms with van der Waals surface area (Å²) in [7, 11) is -0.476. The minimum atomic E-state index is -3.63. The average molecular weight is 397 g/mol. The van der Waals surface area contributed by atoms with Crippen molar-refractivity contribution in [2.45, 2.75) is 31.7 Å². The van der Waals surface area contributed by atoms with Gasteiger partial charge in [-0.1, -0.05) is 0 Å². The number of nitrogens with two attached hydrogens (primary N) is 1. The van der Waals surface area contributed by atoms with E-state index >= 15 is 0 Å². The Kier molecular flexibility index (Phi) is 5.92. The first-order valence-electron chi connectivity index (χ1n) is 9.16. The highest BCUT2D eigenvalue weighted by Crippen LogP contribution is 2.41. The van der Waals surface area contributed by atoms with E-state index in [-0.39, 0.29) is 17.9 Å². The van der Waals surface area contributed by atoms with Crippen molar-refractivity contribution in [3.05, 3.63) is 23.8 Å². The molecule has 2 aliphatic heterocycles. The number of amides is 1. The van der Waals surface area contributed by atoms with Gasteiger partial charge in [-0.05, 0) is 43.9 Å². The van der Waals surface area contributed by atoms with Crippen molar-refractivity contribution in [2.24, 2.45) is 11.7 Å². The smallest absolute Gasteiger partial charge is 0.282 e. The molecule has 1 atom stereocenters. The molecular formula is C18H27N3O5S. The largest absolute Gasteiger partial charge is 0.497 e. The maximum Gasteiger partial charge on any atom is 0.282 e. The predicted molar refractivity (Wildman–Crippen MR) is 101 cm³/mol. The lowest BCUT2D eigenvalue weighted by molar-refractivity contribution is -0.122. The Bertz CT molecular complexity index is 790. The molecule has 3 rings (SSSR count). The van der Waals surface area contributed by atoms with Crippen molar-refractivity contribution in [1.29, 1.82) is 0 Å². The standard InChI is InChI=1S/C18H27N3O5S/c1-25-14-5-6-17(26-2)15(12-14)16-4-3-9-21(16)27(23,24)20-10-7-13(8-11-20)18(19)22/h5-6,12-13,16H,3-4,7-11H2,1-2H3,(H2,19,22)/t16-/m0/s1. The molecule has 2 fully saturated rings. The van der Waals surface area contributed by atoms with Gasteiger partial charge < -0.3 is 15.2 Å². The van der Waals surface area contributed by atoms with Gasteiger partial charge in [0, 0.05) is 31.1 Å². The highest BCUT2D eigenvalue weighted by molar-refractivity contribution is 7.86. The SMILES string of the molecule is COc1ccc(OC)c([C@@H]2CCCN2S(=O)(=O)N2CCC(C(N)=O)CC2)c1. The molecule has 1 amide bonds. The van der Waals surface area contributed by atoms with Crippen LogP contribution in [0.3, 0.4) is 0 Å². The number of nitrogens with zero attached hydrogens (tertiary/aromatic N) is 2. The van der Waals surface area contributed by atoms with Crippen LogP contribution in [0.4, 0.5) is 0 Å². The predicted octanol–water partition coefficient (Wildman–Crippen LogP) is 1.28. The summed E-state index contributed by atoms with van der Waals surface area (Å²) in [6.07, 6.45) is 2.44. The summed E-state index contributed by atoms with van der Waals surface area (Å²) in [5, 5.41) is 0. The number of hydrogen-bond donors (Lipinski definition) is 1. The molecule has 2 N–H and O–H groups in total. The zero-order valence-corrected chi connectivity index (χ0v) is 16.6. The summed E-state index contributed by atoms with van der Waals surface area (Å²) in [4.78, 5) is 11.4. The molecule has 0 bridgehead atoms. The molecule has 1 aromatic carbocycles. The number of primary amides is 1. The number of carbonyl (C=O) groups excluding carboxylic acids is 1. The lowest BCUT2D eigenvalue weighted by Gasteiger charge is -2.35. The van der Waals surface area contributed by atoms with E-state index in [0.717, 1.165) is 18.4 Å². The van der Waals surface area contributed by atoms with E-state index in [2.05, 4.69) is 0 Å². The molecule has 9 heteroatoms. The molecule has 0 aromatic heterocycles. The summed E-state index contributed by atoms with van der Waals surface area (Å²) in [5.74, 6) is 0.712. The van der Waals surface area contributed by atoms with Gasteiger partial charge in [0.2, 0.25) is 5.91 Å². The summed E-state index contributed by atoms with van der Waals surface area (Å²) in [6.45, 7) is 1.09. The number of ether oxygens (including phenoxy) is 2. The highest BCUT2D eigenvalue weighted by atomic mass is 32.2.